The van der Waals surface area contributed by atoms with Crippen molar-refractivity contribution in [1.29, 1.82) is 0 Å². The number of hydrogen-bond acceptors (Lipinski definition) is 5. The van der Waals surface area contributed by atoms with E-state index in [1.165, 1.54) is 17.9 Å². The van der Waals surface area contributed by atoms with Gasteiger partial charge in [0.2, 0.25) is 0 Å². The average Bonchev–Trinajstić information content (AvgIpc) is 3.20. The molecule has 2 aromatic carbocycles. The molecule has 0 bridgehead atoms. The Morgan fingerprint density at radius 1 is 1.03 bits per heavy atom. The van der Waals surface area contributed by atoms with Crippen LogP contribution in [0.4, 0.5) is 5.69 Å². The van der Waals surface area contributed by atoms with Gasteiger partial charge in [-0.2, -0.15) is 5.10 Å². The fraction of sp³-hybridized carbons (Fsp3) is 0.227. The number of esters is 1. The van der Waals surface area contributed by atoms with Gasteiger partial charge in [0.15, 0.2) is 5.69 Å². The highest BCUT2D eigenvalue weighted by molar-refractivity contribution is 8.00. The number of rotatable bonds is 3. The second kappa shape index (κ2) is 7.75. The lowest BCUT2D eigenvalue weighted by atomic mass is 10.1. The van der Waals surface area contributed by atoms with E-state index in [1.54, 1.807) is 16.7 Å². The number of ether oxygens (including phenoxy) is 1. The monoisotopic (exact) mass is 407 g/mol. The molecule has 4 rings (SSSR count). The molecule has 3 aromatic rings. The Morgan fingerprint density at radius 2 is 1.72 bits per heavy atom. The number of methoxy groups -OCH3 is 1. The summed E-state index contributed by atoms with van der Waals surface area (Å²) in [6.07, 6.45) is 0. The zero-order valence-corrected chi connectivity index (χ0v) is 17.2. The molecule has 0 spiro atoms. The number of amides is 1. The van der Waals surface area contributed by atoms with Crippen LogP contribution in [0.1, 0.15) is 34.8 Å². The van der Waals surface area contributed by atoms with Gasteiger partial charge in [0.25, 0.3) is 5.91 Å². The topological polar surface area (TPSA) is 64.4 Å². The highest BCUT2D eigenvalue weighted by Crippen LogP contribution is 2.42. The van der Waals surface area contributed by atoms with Crippen molar-refractivity contribution in [3.63, 3.8) is 0 Å². The summed E-state index contributed by atoms with van der Waals surface area (Å²) in [6.45, 7) is 4.15. The minimum atomic E-state index is -0.579. The Kier molecular flexibility index (Phi) is 5.15. The van der Waals surface area contributed by atoms with Crippen LogP contribution in [-0.4, -0.2) is 40.1 Å². The van der Waals surface area contributed by atoms with Gasteiger partial charge in [0, 0.05) is 22.3 Å². The van der Waals surface area contributed by atoms with Gasteiger partial charge in [0.05, 0.1) is 18.5 Å². The predicted octanol–water partition coefficient (Wildman–Crippen LogP) is 4.19. The molecule has 6 nitrogen and oxygen atoms in total. The van der Waals surface area contributed by atoms with Crippen LogP contribution in [0.15, 0.2) is 65.6 Å². The first-order chi connectivity index (χ1) is 14.0. The Morgan fingerprint density at radius 3 is 2.45 bits per heavy atom. The molecule has 29 heavy (non-hydrogen) atoms. The molecule has 0 saturated carbocycles. The number of anilines is 1. The number of nitrogens with zero attached hydrogens (tertiary/aromatic N) is 3. The summed E-state index contributed by atoms with van der Waals surface area (Å²) in [4.78, 5) is 28.7. The van der Waals surface area contributed by atoms with E-state index in [9.17, 15) is 9.59 Å². The van der Waals surface area contributed by atoms with Crippen LogP contribution in [0.3, 0.4) is 0 Å². The second-order valence-electron chi connectivity index (χ2n) is 6.86. The van der Waals surface area contributed by atoms with Crippen LogP contribution in [0.2, 0.25) is 0 Å². The van der Waals surface area contributed by atoms with Crippen LogP contribution in [0.25, 0.3) is 5.69 Å². The van der Waals surface area contributed by atoms with Gasteiger partial charge in [-0.15, -0.1) is 11.8 Å². The first-order valence-electron chi connectivity index (χ1n) is 9.34. The zero-order valence-electron chi connectivity index (χ0n) is 16.4. The Balaban J connectivity index is 1.85. The van der Waals surface area contributed by atoms with E-state index in [4.69, 9.17) is 4.74 Å². The van der Waals surface area contributed by atoms with E-state index in [0.717, 1.165) is 10.6 Å². The van der Waals surface area contributed by atoms with Gasteiger partial charge in [-0.05, 0) is 31.2 Å². The maximum Gasteiger partial charge on any atom is 0.358 e. The third-order valence-corrected chi connectivity index (χ3v) is 6.43. The molecule has 0 saturated heterocycles. The molecule has 0 fully saturated rings. The third-order valence-electron chi connectivity index (χ3n) is 5.07. The standard InChI is InChI=1S/C22H21N3O3S/c1-14-15(2)29-20-12-8-7-11-18(20)24(14)21(26)19-13-17(22(27)28-3)23-25(19)16-9-5-4-6-10-16/h4-15H,1-3H3. The smallest absolute Gasteiger partial charge is 0.358 e. The molecule has 1 aliphatic heterocycles. The lowest BCUT2D eigenvalue weighted by Crippen LogP contribution is -2.46. The largest absolute Gasteiger partial charge is 0.464 e. The average molecular weight is 407 g/mol. The van der Waals surface area contributed by atoms with Crippen LogP contribution in [-0.2, 0) is 4.74 Å². The number of aromatic nitrogens is 2. The number of hydrogen-bond donors (Lipinski definition) is 0. The molecular formula is C22H21N3O3S. The maximum atomic E-state index is 13.7. The lowest BCUT2D eigenvalue weighted by Gasteiger charge is -2.38. The molecule has 1 aromatic heterocycles. The summed E-state index contributed by atoms with van der Waals surface area (Å²) in [5.41, 5.74) is 1.98. The predicted molar refractivity (Wildman–Crippen MR) is 113 cm³/mol. The molecular weight excluding hydrogens is 386 g/mol. The van der Waals surface area contributed by atoms with Gasteiger partial charge in [-0.1, -0.05) is 37.3 Å². The number of para-hydroxylation sites is 2. The molecule has 1 aliphatic rings. The molecule has 0 aliphatic carbocycles. The Bertz CT molecular complexity index is 1060. The zero-order chi connectivity index (χ0) is 20.5. The number of thioether (sulfide) groups is 1. The van der Waals surface area contributed by atoms with Gasteiger partial charge < -0.3 is 9.64 Å². The highest BCUT2D eigenvalue weighted by atomic mass is 32.2. The number of carbonyl (C=O) groups is 2. The summed E-state index contributed by atoms with van der Waals surface area (Å²) < 4.78 is 6.33. The first-order valence-corrected chi connectivity index (χ1v) is 10.2. The van der Waals surface area contributed by atoms with Crippen LogP contribution in [0, 0.1) is 0 Å². The minimum absolute atomic E-state index is 0.0249. The van der Waals surface area contributed by atoms with E-state index < -0.39 is 5.97 Å². The SMILES string of the molecule is COC(=O)c1cc(C(=O)N2c3ccccc3SC(C)C2C)n(-c2ccccc2)n1. The molecule has 2 atom stereocenters. The number of benzene rings is 2. The summed E-state index contributed by atoms with van der Waals surface area (Å²) in [5, 5.41) is 4.58. The summed E-state index contributed by atoms with van der Waals surface area (Å²) in [6, 6.07) is 18.7. The summed E-state index contributed by atoms with van der Waals surface area (Å²) in [5.74, 6) is -0.784. The molecule has 2 heterocycles. The fourth-order valence-corrected chi connectivity index (χ4v) is 4.57. The molecule has 7 heteroatoms. The lowest BCUT2D eigenvalue weighted by molar-refractivity contribution is 0.0593. The third kappa shape index (κ3) is 3.42. The van der Waals surface area contributed by atoms with Crippen LogP contribution >= 0.6 is 11.8 Å². The second-order valence-corrected chi connectivity index (χ2v) is 8.28. The molecule has 148 valence electrons. The highest BCUT2D eigenvalue weighted by Gasteiger charge is 2.35. The van der Waals surface area contributed by atoms with Gasteiger partial charge in [-0.3, -0.25) is 4.79 Å². The van der Waals surface area contributed by atoms with Gasteiger partial charge in [0.1, 0.15) is 5.69 Å². The van der Waals surface area contributed by atoms with E-state index in [-0.39, 0.29) is 22.9 Å². The normalized spacial score (nSPS) is 18.2. The van der Waals surface area contributed by atoms with Crippen molar-refractivity contribution in [2.45, 2.75) is 30.0 Å². The summed E-state index contributed by atoms with van der Waals surface area (Å²) in [7, 11) is 1.30. The van der Waals surface area contributed by atoms with E-state index in [2.05, 4.69) is 12.0 Å². The number of fused-ring (bicyclic) bond motifs is 1. The van der Waals surface area contributed by atoms with Gasteiger partial charge in [-0.25, -0.2) is 9.48 Å². The van der Waals surface area contributed by atoms with Crippen molar-refractivity contribution in [2.24, 2.45) is 0 Å². The molecule has 2 unspecified atom stereocenters. The summed E-state index contributed by atoms with van der Waals surface area (Å²) >= 11 is 1.76. The first kappa shape index (κ1) is 19.3. The van der Waals surface area contributed by atoms with Crippen molar-refractivity contribution in [1.82, 2.24) is 9.78 Å². The van der Waals surface area contributed by atoms with Gasteiger partial charge >= 0.3 is 5.97 Å². The van der Waals surface area contributed by atoms with Crippen molar-refractivity contribution < 1.29 is 14.3 Å². The maximum absolute atomic E-state index is 13.7. The van der Waals surface area contributed by atoms with Crippen molar-refractivity contribution in [3.05, 3.63) is 72.1 Å². The molecule has 1 amide bonds. The minimum Gasteiger partial charge on any atom is -0.464 e. The quantitative estimate of drug-likeness (QED) is 0.609. The number of carbonyl (C=O) groups excluding carboxylic acids is 2. The molecule has 0 N–H and O–H groups in total. The van der Waals surface area contributed by atoms with Crippen LogP contribution < -0.4 is 4.90 Å². The van der Waals surface area contributed by atoms with Crippen molar-refractivity contribution in [3.8, 4) is 5.69 Å². The molecule has 0 radical (unpaired) electrons. The van der Waals surface area contributed by atoms with Crippen LogP contribution in [0.5, 0.6) is 0 Å². The van der Waals surface area contributed by atoms with Crippen molar-refractivity contribution >= 4 is 29.3 Å². The fourth-order valence-electron chi connectivity index (χ4n) is 3.41. The van der Waals surface area contributed by atoms with E-state index in [1.807, 2.05) is 61.5 Å². The van der Waals surface area contributed by atoms with E-state index in [0.29, 0.717) is 11.4 Å². The Labute approximate surface area is 173 Å². The van der Waals surface area contributed by atoms with Crippen molar-refractivity contribution in [2.75, 3.05) is 12.0 Å². The van der Waals surface area contributed by atoms with E-state index >= 15 is 0 Å². The Hall–Kier alpha value is -3.06.